The summed E-state index contributed by atoms with van der Waals surface area (Å²) in [5.41, 5.74) is 0.986. The Morgan fingerprint density at radius 2 is 1.86 bits per heavy atom. The number of rotatable bonds is 7. The number of esters is 1. The van der Waals surface area contributed by atoms with Gasteiger partial charge in [0.1, 0.15) is 5.54 Å². The Kier molecular flexibility index (Phi) is 6.20. The van der Waals surface area contributed by atoms with Crippen LogP contribution in [0.3, 0.4) is 0 Å². The molecule has 0 aromatic heterocycles. The summed E-state index contributed by atoms with van der Waals surface area (Å²) in [6, 6.07) is 6.96. The SMILES string of the molecule is CCc1ccc(NC(=O)[C@@H](C)OC(=O)CCN2C(=O)NC3(CCCC3)C2=O)cc1. The Bertz CT molecular complexity index is 799. The number of nitrogens with zero attached hydrogens (tertiary/aromatic N) is 1. The van der Waals surface area contributed by atoms with E-state index in [1.165, 1.54) is 6.92 Å². The molecule has 1 saturated carbocycles. The highest BCUT2D eigenvalue weighted by molar-refractivity contribution is 6.07. The number of hydrogen-bond acceptors (Lipinski definition) is 5. The summed E-state index contributed by atoms with van der Waals surface area (Å²) >= 11 is 0. The molecule has 2 N–H and O–H groups in total. The van der Waals surface area contributed by atoms with Gasteiger partial charge in [-0.3, -0.25) is 19.3 Å². The van der Waals surface area contributed by atoms with Crippen LogP contribution in [0.15, 0.2) is 24.3 Å². The third kappa shape index (κ3) is 4.58. The molecule has 2 aliphatic rings. The quantitative estimate of drug-likeness (QED) is 0.539. The number of amides is 4. The summed E-state index contributed by atoms with van der Waals surface area (Å²) in [7, 11) is 0. The molecule has 1 spiro atoms. The Balaban J connectivity index is 1.46. The monoisotopic (exact) mass is 401 g/mol. The van der Waals surface area contributed by atoms with E-state index in [1.54, 1.807) is 12.1 Å². The first-order valence-corrected chi connectivity index (χ1v) is 10.1. The van der Waals surface area contributed by atoms with E-state index < -0.39 is 29.6 Å². The molecule has 156 valence electrons. The van der Waals surface area contributed by atoms with Crippen molar-refractivity contribution in [1.82, 2.24) is 10.2 Å². The van der Waals surface area contributed by atoms with Gasteiger partial charge in [0.15, 0.2) is 6.10 Å². The molecule has 1 aliphatic carbocycles. The summed E-state index contributed by atoms with van der Waals surface area (Å²) in [6.45, 7) is 3.47. The Morgan fingerprint density at radius 3 is 2.48 bits per heavy atom. The number of ether oxygens (including phenoxy) is 1. The molecular weight excluding hydrogens is 374 g/mol. The molecule has 0 bridgehead atoms. The summed E-state index contributed by atoms with van der Waals surface area (Å²) < 4.78 is 5.16. The molecule has 1 aromatic rings. The van der Waals surface area contributed by atoms with Crippen LogP contribution in [0.1, 0.15) is 51.5 Å². The van der Waals surface area contributed by atoms with Gasteiger partial charge in [0.25, 0.3) is 11.8 Å². The Hall–Kier alpha value is -2.90. The molecule has 3 rings (SSSR count). The maximum absolute atomic E-state index is 12.6. The second-order valence-electron chi connectivity index (χ2n) is 7.60. The minimum atomic E-state index is -0.988. The van der Waals surface area contributed by atoms with E-state index in [0.717, 1.165) is 29.7 Å². The summed E-state index contributed by atoms with van der Waals surface area (Å²) in [5.74, 6) is -1.35. The number of carbonyl (C=O) groups excluding carboxylic acids is 4. The van der Waals surface area contributed by atoms with Gasteiger partial charge in [0.05, 0.1) is 6.42 Å². The molecule has 1 heterocycles. The second kappa shape index (κ2) is 8.63. The minimum absolute atomic E-state index is 0.0575. The lowest BCUT2D eigenvalue weighted by molar-refractivity contribution is -0.153. The predicted octanol–water partition coefficient (Wildman–Crippen LogP) is 2.37. The number of hydrogen-bond donors (Lipinski definition) is 2. The van der Waals surface area contributed by atoms with Gasteiger partial charge in [-0.1, -0.05) is 31.9 Å². The molecule has 29 heavy (non-hydrogen) atoms. The highest BCUT2D eigenvalue weighted by Gasteiger charge is 2.52. The molecule has 0 radical (unpaired) electrons. The van der Waals surface area contributed by atoms with Gasteiger partial charge in [0, 0.05) is 12.2 Å². The Labute approximate surface area is 170 Å². The van der Waals surface area contributed by atoms with Crippen LogP contribution >= 0.6 is 0 Å². The maximum Gasteiger partial charge on any atom is 0.325 e. The lowest BCUT2D eigenvalue weighted by Crippen LogP contribution is -2.44. The fourth-order valence-electron chi connectivity index (χ4n) is 3.78. The van der Waals surface area contributed by atoms with E-state index in [4.69, 9.17) is 4.74 Å². The van der Waals surface area contributed by atoms with Crippen LogP contribution in [0.2, 0.25) is 0 Å². The van der Waals surface area contributed by atoms with Crippen LogP contribution in [-0.2, 0) is 25.5 Å². The molecule has 1 aromatic carbocycles. The normalized spacial score (nSPS) is 18.6. The number of benzene rings is 1. The number of aryl methyl sites for hydroxylation is 1. The van der Waals surface area contributed by atoms with Gasteiger partial charge in [0.2, 0.25) is 0 Å². The van der Waals surface area contributed by atoms with Crippen LogP contribution in [0.5, 0.6) is 0 Å². The molecule has 2 fully saturated rings. The first kappa shape index (κ1) is 20.8. The van der Waals surface area contributed by atoms with E-state index in [-0.39, 0.29) is 18.9 Å². The zero-order valence-electron chi connectivity index (χ0n) is 16.8. The molecule has 4 amide bonds. The van der Waals surface area contributed by atoms with Gasteiger partial charge in [-0.15, -0.1) is 0 Å². The maximum atomic E-state index is 12.6. The second-order valence-corrected chi connectivity index (χ2v) is 7.60. The fourth-order valence-corrected chi connectivity index (χ4v) is 3.78. The van der Waals surface area contributed by atoms with Crippen LogP contribution in [0.25, 0.3) is 0 Å². The van der Waals surface area contributed by atoms with Crippen molar-refractivity contribution in [2.75, 3.05) is 11.9 Å². The van der Waals surface area contributed by atoms with Crippen molar-refractivity contribution in [3.8, 4) is 0 Å². The lowest BCUT2D eigenvalue weighted by Gasteiger charge is -2.20. The van der Waals surface area contributed by atoms with Crippen molar-refractivity contribution < 1.29 is 23.9 Å². The Morgan fingerprint density at radius 1 is 1.21 bits per heavy atom. The standard InChI is InChI=1S/C21H27N3O5/c1-3-15-6-8-16(9-7-15)22-18(26)14(2)29-17(25)10-13-24-19(27)21(23-20(24)28)11-4-5-12-21/h6-9,14H,3-5,10-13H2,1-2H3,(H,22,26)(H,23,28)/t14-/m1/s1. The fraction of sp³-hybridized carbons (Fsp3) is 0.524. The van der Waals surface area contributed by atoms with Gasteiger partial charge in [-0.2, -0.15) is 0 Å². The zero-order valence-corrected chi connectivity index (χ0v) is 16.8. The van der Waals surface area contributed by atoms with Gasteiger partial charge >= 0.3 is 12.0 Å². The van der Waals surface area contributed by atoms with E-state index in [9.17, 15) is 19.2 Å². The molecular formula is C21H27N3O5. The highest BCUT2D eigenvalue weighted by atomic mass is 16.5. The number of carbonyl (C=O) groups is 4. The van der Waals surface area contributed by atoms with Gasteiger partial charge < -0.3 is 15.4 Å². The number of urea groups is 1. The van der Waals surface area contributed by atoms with Crippen LogP contribution in [0, 0.1) is 0 Å². The summed E-state index contributed by atoms with van der Waals surface area (Å²) in [5, 5.41) is 5.47. The topological polar surface area (TPSA) is 105 Å². The van der Waals surface area contributed by atoms with E-state index in [0.29, 0.717) is 18.5 Å². The van der Waals surface area contributed by atoms with E-state index in [1.807, 2.05) is 19.1 Å². The van der Waals surface area contributed by atoms with Gasteiger partial charge in [-0.05, 0) is 43.9 Å². The number of nitrogens with one attached hydrogen (secondary N) is 2. The zero-order chi connectivity index (χ0) is 21.0. The van der Waals surface area contributed by atoms with Gasteiger partial charge in [-0.25, -0.2) is 4.79 Å². The van der Waals surface area contributed by atoms with E-state index in [2.05, 4.69) is 10.6 Å². The van der Waals surface area contributed by atoms with Crippen molar-refractivity contribution in [1.29, 1.82) is 0 Å². The van der Waals surface area contributed by atoms with Crippen molar-refractivity contribution in [2.24, 2.45) is 0 Å². The van der Waals surface area contributed by atoms with Crippen LogP contribution < -0.4 is 10.6 Å². The molecule has 8 heteroatoms. The van der Waals surface area contributed by atoms with Crippen molar-refractivity contribution in [3.05, 3.63) is 29.8 Å². The largest absolute Gasteiger partial charge is 0.452 e. The molecule has 0 unspecified atom stereocenters. The smallest absolute Gasteiger partial charge is 0.325 e. The lowest BCUT2D eigenvalue weighted by atomic mass is 9.98. The number of anilines is 1. The molecule has 8 nitrogen and oxygen atoms in total. The molecule has 1 atom stereocenters. The predicted molar refractivity (Wildman–Crippen MR) is 106 cm³/mol. The van der Waals surface area contributed by atoms with E-state index >= 15 is 0 Å². The third-order valence-electron chi connectivity index (χ3n) is 5.55. The molecule has 1 aliphatic heterocycles. The number of imide groups is 1. The van der Waals surface area contributed by atoms with Crippen molar-refractivity contribution in [2.45, 2.75) is 64.0 Å². The van der Waals surface area contributed by atoms with Crippen LogP contribution in [-0.4, -0.2) is 46.9 Å². The summed E-state index contributed by atoms with van der Waals surface area (Å²) in [6.07, 6.45) is 2.83. The van der Waals surface area contributed by atoms with Crippen molar-refractivity contribution in [3.63, 3.8) is 0 Å². The average molecular weight is 401 g/mol. The average Bonchev–Trinajstić information content (AvgIpc) is 3.26. The summed E-state index contributed by atoms with van der Waals surface area (Å²) in [4.78, 5) is 50.1. The first-order chi connectivity index (χ1) is 13.8. The molecule has 1 saturated heterocycles. The highest BCUT2D eigenvalue weighted by Crippen LogP contribution is 2.35. The third-order valence-corrected chi connectivity index (χ3v) is 5.55. The van der Waals surface area contributed by atoms with Crippen molar-refractivity contribution >= 4 is 29.5 Å². The minimum Gasteiger partial charge on any atom is -0.452 e. The van der Waals surface area contributed by atoms with Crippen LogP contribution in [0.4, 0.5) is 10.5 Å². The first-order valence-electron chi connectivity index (χ1n) is 10.1.